The predicted molar refractivity (Wildman–Crippen MR) is 122 cm³/mol. The summed E-state index contributed by atoms with van der Waals surface area (Å²) in [5, 5.41) is 5.89. The SMILES string of the molecule is CCOC(=O)c1c(C)cc2c(-c3ccccc3OC)nn(CCN(C)C)c(=O)c2c1C. The molecule has 3 aromatic rings. The molecule has 0 saturated heterocycles. The molecule has 0 saturated carbocycles. The predicted octanol–water partition coefficient (Wildman–Crippen LogP) is 3.43. The maximum Gasteiger partial charge on any atom is 0.338 e. The molecule has 3 rings (SSSR count). The van der Waals surface area contributed by atoms with Crippen molar-refractivity contribution in [2.75, 3.05) is 34.4 Å². The van der Waals surface area contributed by atoms with Gasteiger partial charge < -0.3 is 14.4 Å². The van der Waals surface area contributed by atoms with Crippen molar-refractivity contribution in [3.63, 3.8) is 0 Å². The van der Waals surface area contributed by atoms with E-state index in [-0.39, 0.29) is 12.2 Å². The summed E-state index contributed by atoms with van der Waals surface area (Å²) >= 11 is 0. The highest BCUT2D eigenvalue weighted by Crippen LogP contribution is 2.35. The molecule has 0 aliphatic rings. The van der Waals surface area contributed by atoms with Crippen molar-refractivity contribution < 1.29 is 14.3 Å². The number of ether oxygens (including phenoxy) is 2. The highest BCUT2D eigenvalue weighted by Gasteiger charge is 2.23. The molecule has 0 aliphatic heterocycles. The van der Waals surface area contributed by atoms with E-state index in [0.717, 1.165) is 11.1 Å². The number of likely N-dealkylation sites (N-methyl/N-ethyl adjacent to an activating group) is 1. The van der Waals surface area contributed by atoms with E-state index >= 15 is 0 Å². The Morgan fingerprint density at radius 1 is 1.19 bits per heavy atom. The lowest BCUT2D eigenvalue weighted by atomic mass is 9.94. The minimum Gasteiger partial charge on any atom is -0.496 e. The molecule has 7 heteroatoms. The number of aryl methyl sites for hydroxylation is 2. The van der Waals surface area contributed by atoms with Gasteiger partial charge in [-0.15, -0.1) is 0 Å². The number of nitrogens with zero attached hydrogens (tertiary/aromatic N) is 3. The van der Waals surface area contributed by atoms with Crippen LogP contribution in [0.4, 0.5) is 0 Å². The van der Waals surface area contributed by atoms with E-state index in [1.165, 1.54) is 4.68 Å². The lowest BCUT2D eigenvalue weighted by molar-refractivity contribution is 0.0525. The Morgan fingerprint density at radius 3 is 2.55 bits per heavy atom. The zero-order valence-corrected chi connectivity index (χ0v) is 19.0. The van der Waals surface area contributed by atoms with Crippen LogP contribution in [0.2, 0.25) is 0 Å². The number of carbonyl (C=O) groups is 1. The van der Waals surface area contributed by atoms with E-state index in [1.54, 1.807) is 21.0 Å². The molecule has 0 bridgehead atoms. The fraction of sp³-hybridized carbons (Fsp3) is 0.375. The molecular weight excluding hydrogens is 394 g/mol. The zero-order chi connectivity index (χ0) is 22.7. The first-order valence-corrected chi connectivity index (χ1v) is 10.3. The molecule has 0 N–H and O–H groups in total. The Bertz CT molecular complexity index is 1180. The van der Waals surface area contributed by atoms with Gasteiger partial charge in [0, 0.05) is 17.5 Å². The second-order valence-corrected chi connectivity index (χ2v) is 7.72. The van der Waals surface area contributed by atoms with Crippen molar-refractivity contribution in [1.29, 1.82) is 0 Å². The second-order valence-electron chi connectivity index (χ2n) is 7.72. The standard InChI is InChI=1S/C24H29N3O4/c1-7-31-24(29)20-15(2)14-18-21(16(20)3)23(28)27(13-12-26(4)5)25-22(18)17-10-8-9-11-19(17)30-6/h8-11,14H,7,12-13H2,1-6H3. The Morgan fingerprint density at radius 2 is 1.90 bits per heavy atom. The Balaban J connectivity index is 2.41. The van der Waals surface area contributed by atoms with E-state index in [1.807, 2.05) is 56.3 Å². The van der Waals surface area contributed by atoms with Gasteiger partial charge in [-0.25, -0.2) is 9.48 Å². The van der Waals surface area contributed by atoms with Crippen molar-refractivity contribution in [1.82, 2.24) is 14.7 Å². The van der Waals surface area contributed by atoms with Crippen molar-refractivity contribution in [3.05, 3.63) is 57.4 Å². The van der Waals surface area contributed by atoms with Gasteiger partial charge in [-0.2, -0.15) is 5.10 Å². The van der Waals surface area contributed by atoms with Crippen molar-refractivity contribution in [3.8, 4) is 17.0 Å². The Labute approximate surface area is 182 Å². The summed E-state index contributed by atoms with van der Waals surface area (Å²) in [7, 11) is 5.50. The molecule has 31 heavy (non-hydrogen) atoms. The van der Waals surface area contributed by atoms with Crippen LogP contribution in [0.1, 0.15) is 28.4 Å². The number of fused-ring (bicyclic) bond motifs is 1. The third-order valence-electron chi connectivity index (χ3n) is 5.30. The highest BCUT2D eigenvalue weighted by atomic mass is 16.5. The van der Waals surface area contributed by atoms with Crippen LogP contribution in [-0.2, 0) is 11.3 Å². The number of benzene rings is 2. The van der Waals surface area contributed by atoms with E-state index in [4.69, 9.17) is 14.6 Å². The summed E-state index contributed by atoms with van der Waals surface area (Å²) in [6, 6.07) is 9.44. The van der Waals surface area contributed by atoms with Crippen LogP contribution in [0.5, 0.6) is 5.75 Å². The molecule has 2 aromatic carbocycles. The Kier molecular flexibility index (Phi) is 6.75. The fourth-order valence-corrected chi connectivity index (χ4v) is 3.80. The number of aromatic nitrogens is 2. The van der Waals surface area contributed by atoms with E-state index in [2.05, 4.69) is 0 Å². The summed E-state index contributed by atoms with van der Waals surface area (Å²) in [4.78, 5) is 28.1. The quantitative estimate of drug-likeness (QED) is 0.542. The van der Waals surface area contributed by atoms with Gasteiger partial charge in [0.15, 0.2) is 0 Å². The molecule has 0 amide bonds. The molecule has 0 spiro atoms. The number of methoxy groups -OCH3 is 1. The van der Waals surface area contributed by atoms with Crippen molar-refractivity contribution in [2.24, 2.45) is 0 Å². The van der Waals surface area contributed by atoms with Crippen LogP contribution in [0.25, 0.3) is 22.0 Å². The minimum absolute atomic E-state index is 0.224. The molecule has 0 radical (unpaired) electrons. The van der Waals surface area contributed by atoms with Crippen LogP contribution in [0.3, 0.4) is 0 Å². The number of para-hydroxylation sites is 1. The summed E-state index contributed by atoms with van der Waals surface area (Å²) in [5.41, 5.74) is 2.99. The molecule has 0 aliphatic carbocycles. The van der Waals surface area contributed by atoms with Crippen LogP contribution in [0.15, 0.2) is 35.1 Å². The van der Waals surface area contributed by atoms with Gasteiger partial charge in [-0.05, 0) is 64.2 Å². The van der Waals surface area contributed by atoms with Crippen molar-refractivity contribution in [2.45, 2.75) is 27.3 Å². The molecule has 164 valence electrons. The molecule has 7 nitrogen and oxygen atoms in total. The maximum absolute atomic E-state index is 13.4. The molecule has 1 heterocycles. The number of esters is 1. The number of hydrogen-bond donors (Lipinski definition) is 0. The average Bonchev–Trinajstić information content (AvgIpc) is 2.73. The zero-order valence-electron chi connectivity index (χ0n) is 19.0. The number of carbonyl (C=O) groups excluding carboxylic acids is 1. The molecule has 1 aromatic heterocycles. The number of hydrogen-bond acceptors (Lipinski definition) is 6. The summed E-state index contributed by atoms with van der Waals surface area (Å²) < 4.78 is 12.3. The van der Waals surface area contributed by atoms with Gasteiger partial charge in [0.1, 0.15) is 11.4 Å². The summed E-state index contributed by atoms with van der Waals surface area (Å²) in [5.74, 6) is 0.244. The topological polar surface area (TPSA) is 73.7 Å². The monoisotopic (exact) mass is 423 g/mol. The van der Waals surface area contributed by atoms with Gasteiger partial charge in [0.05, 0.1) is 31.2 Å². The average molecular weight is 424 g/mol. The second kappa shape index (κ2) is 9.31. The third kappa shape index (κ3) is 4.32. The summed E-state index contributed by atoms with van der Waals surface area (Å²) in [6.45, 7) is 6.76. The first-order valence-electron chi connectivity index (χ1n) is 10.3. The van der Waals surface area contributed by atoms with Gasteiger partial charge in [0.25, 0.3) is 5.56 Å². The van der Waals surface area contributed by atoms with Crippen LogP contribution in [-0.4, -0.2) is 55.0 Å². The van der Waals surface area contributed by atoms with Gasteiger partial charge >= 0.3 is 5.97 Å². The first kappa shape index (κ1) is 22.5. The van der Waals surface area contributed by atoms with E-state index < -0.39 is 5.97 Å². The smallest absolute Gasteiger partial charge is 0.338 e. The lowest BCUT2D eigenvalue weighted by Crippen LogP contribution is -2.30. The molecule has 0 unspecified atom stereocenters. The fourth-order valence-electron chi connectivity index (χ4n) is 3.80. The van der Waals surface area contributed by atoms with Gasteiger partial charge in [0.2, 0.25) is 0 Å². The van der Waals surface area contributed by atoms with Crippen LogP contribution < -0.4 is 10.3 Å². The summed E-state index contributed by atoms with van der Waals surface area (Å²) in [6.07, 6.45) is 0. The number of rotatable bonds is 7. The van der Waals surface area contributed by atoms with Crippen LogP contribution >= 0.6 is 0 Å². The van der Waals surface area contributed by atoms with E-state index in [0.29, 0.717) is 46.4 Å². The molecule has 0 fully saturated rings. The third-order valence-corrected chi connectivity index (χ3v) is 5.30. The molecular formula is C24H29N3O4. The normalized spacial score (nSPS) is 11.2. The maximum atomic E-state index is 13.4. The minimum atomic E-state index is -0.422. The lowest BCUT2D eigenvalue weighted by Gasteiger charge is -2.18. The highest BCUT2D eigenvalue weighted by molar-refractivity contribution is 6.04. The van der Waals surface area contributed by atoms with Crippen molar-refractivity contribution >= 4 is 16.7 Å². The Hall–Kier alpha value is -3.19. The first-order chi connectivity index (χ1) is 14.8. The van der Waals surface area contributed by atoms with Gasteiger partial charge in [-0.3, -0.25) is 4.79 Å². The largest absolute Gasteiger partial charge is 0.496 e. The van der Waals surface area contributed by atoms with Gasteiger partial charge in [-0.1, -0.05) is 12.1 Å². The van der Waals surface area contributed by atoms with E-state index in [9.17, 15) is 9.59 Å². The molecule has 0 atom stereocenters. The van der Waals surface area contributed by atoms with Crippen LogP contribution in [0, 0.1) is 13.8 Å².